The number of thiazole rings is 1. The highest BCUT2D eigenvalue weighted by atomic mass is 35.5. The van der Waals surface area contributed by atoms with Gasteiger partial charge >= 0.3 is 0 Å². The topological polar surface area (TPSA) is 74.3 Å². The van der Waals surface area contributed by atoms with Crippen LogP contribution in [0.2, 0.25) is 5.02 Å². The van der Waals surface area contributed by atoms with Gasteiger partial charge in [-0.25, -0.2) is 13.4 Å². The van der Waals surface area contributed by atoms with Crippen molar-refractivity contribution in [2.45, 2.75) is 30.2 Å². The van der Waals surface area contributed by atoms with Crippen molar-refractivity contribution in [1.29, 1.82) is 0 Å². The smallest absolute Gasteiger partial charge is 0.263 e. The van der Waals surface area contributed by atoms with Crippen LogP contribution in [0.1, 0.15) is 19.3 Å². The average Bonchev–Trinajstić information content (AvgIpc) is 3.32. The molecule has 6 nitrogen and oxygen atoms in total. The van der Waals surface area contributed by atoms with Gasteiger partial charge in [-0.3, -0.25) is 4.72 Å². The van der Waals surface area contributed by atoms with E-state index in [2.05, 4.69) is 19.9 Å². The molecule has 0 amide bonds. The minimum absolute atomic E-state index is 0.131. The van der Waals surface area contributed by atoms with Crippen molar-refractivity contribution < 1.29 is 8.42 Å². The average molecular weight is 413 g/mol. The number of fused-ring (bicyclic) bond motifs is 1. The summed E-state index contributed by atoms with van der Waals surface area (Å²) in [5.74, 6) is 0.628. The molecule has 4 rings (SSSR count). The van der Waals surface area contributed by atoms with Gasteiger partial charge in [-0.1, -0.05) is 11.6 Å². The zero-order valence-corrected chi connectivity index (χ0v) is 16.6. The van der Waals surface area contributed by atoms with Crippen LogP contribution in [0.5, 0.6) is 0 Å². The molecule has 2 N–H and O–H groups in total. The highest BCUT2D eigenvalue weighted by Gasteiger charge is 2.36. The number of benzene rings is 1. The Balaban J connectivity index is 1.42. The molecule has 2 aliphatic heterocycles. The lowest BCUT2D eigenvalue weighted by molar-refractivity contribution is 0.295. The minimum atomic E-state index is -3.69. The molecule has 1 aromatic heterocycles. The van der Waals surface area contributed by atoms with E-state index >= 15 is 0 Å². The van der Waals surface area contributed by atoms with E-state index in [0.29, 0.717) is 22.1 Å². The SMILES string of the molecule is O=S(=O)(Nc1nccs1)c1ccc(NC[C@@H]2CCN3CCCC23)c(Cl)c1. The zero-order valence-electron chi connectivity index (χ0n) is 14.2. The van der Waals surface area contributed by atoms with Crippen molar-refractivity contribution in [3.63, 3.8) is 0 Å². The molecule has 2 aliphatic rings. The van der Waals surface area contributed by atoms with Crippen LogP contribution < -0.4 is 10.0 Å². The Hall–Kier alpha value is -1.35. The molecule has 2 saturated heterocycles. The Morgan fingerprint density at radius 2 is 2.19 bits per heavy atom. The molecule has 2 aromatic rings. The molecule has 0 saturated carbocycles. The van der Waals surface area contributed by atoms with E-state index in [0.717, 1.165) is 12.2 Å². The summed E-state index contributed by atoms with van der Waals surface area (Å²) >= 11 is 7.57. The number of sulfonamides is 1. The number of halogens is 1. The fourth-order valence-corrected chi connectivity index (χ4v) is 6.05. The summed E-state index contributed by atoms with van der Waals surface area (Å²) in [4.78, 5) is 6.65. The first kappa shape index (κ1) is 18.0. The molecule has 0 aliphatic carbocycles. The second-order valence-corrected chi connectivity index (χ2v) is 9.74. The highest BCUT2D eigenvalue weighted by Crippen LogP contribution is 2.33. The van der Waals surface area contributed by atoms with Crippen LogP contribution in [0.3, 0.4) is 0 Å². The third-order valence-electron chi connectivity index (χ3n) is 5.21. The number of hydrogen-bond acceptors (Lipinski definition) is 6. The first-order valence-electron chi connectivity index (χ1n) is 8.73. The van der Waals surface area contributed by atoms with Crippen molar-refractivity contribution >= 4 is 43.8 Å². The Labute approximate surface area is 162 Å². The lowest BCUT2D eigenvalue weighted by atomic mass is 9.98. The Kier molecular flexibility index (Phi) is 5.09. The zero-order chi connectivity index (χ0) is 18.1. The second kappa shape index (κ2) is 7.34. The summed E-state index contributed by atoms with van der Waals surface area (Å²) in [6.45, 7) is 3.27. The van der Waals surface area contributed by atoms with Crippen molar-refractivity contribution in [2.24, 2.45) is 5.92 Å². The van der Waals surface area contributed by atoms with Gasteiger partial charge in [0.15, 0.2) is 5.13 Å². The maximum absolute atomic E-state index is 12.4. The number of nitrogens with one attached hydrogen (secondary N) is 2. The van der Waals surface area contributed by atoms with Crippen molar-refractivity contribution in [3.05, 3.63) is 34.8 Å². The minimum Gasteiger partial charge on any atom is -0.384 e. The third-order valence-corrected chi connectivity index (χ3v) is 7.67. The van der Waals surface area contributed by atoms with Gasteiger partial charge < -0.3 is 10.2 Å². The van der Waals surface area contributed by atoms with Gasteiger partial charge in [0, 0.05) is 24.2 Å². The maximum Gasteiger partial charge on any atom is 0.263 e. The number of rotatable bonds is 6. The highest BCUT2D eigenvalue weighted by molar-refractivity contribution is 7.93. The Morgan fingerprint density at radius 1 is 1.31 bits per heavy atom. The maximum atomic E-state index is 12.4. The third kappa shape index (κ3) is 3.69. The monoisotopic (exact) mass is 412 g/mol. The van der Waals surface area contributed by atoms with Crippen LogP contribution in [0.25, 0.3) is 0 Å². The molecule has 2 atom stereocenters. The molecule has 26 heavy (non-hydrogen) atoms. The first-order chi connectivity index (χ1) is 12.5. The van der Waals surface area contributed by atoms with E-state index in [4.69, 9.17) is 11.6 Å². The molecular weight excluding hydrogens is 392 g/mol. The van der Waals surface area contributed by atoms with E-state index in [1.807, 2.05) is 0 Å². The summed E-state index contributed by atoms with van der Waals surface area (Å²) in [5, 5.41) is 5.87. The van der Waals surface area contributed by atoms with E-state index in [1.54, 1.807) is 23.7 Å². The summed E-state index contributed by atoms with van der Waals surface area (Å²) in [6, 6.07) is 5.47. The normalized spacial score (nSPS) is 23.1. The fourth-order valence-electron chi connectivity index (χ4n) is 3.92. The lowest BCUT2D eigenvalue weighted by Crippen LogP contribution is -2.29. The number of aromatic nitrogens is 1. The van der Waals surface area contributed by atoms with Gasteiger partial charge in [0.2, 0.25) is 0 Å². The van der Waals surface area contributed by atoms with Crippen LogP contribution in [-0.2, 0) is 10.0 Å². The Morgan fingerprint density at radius 3 is 2.96 bits per heavy atom. The molecule has 0 spiro atoms. The Bertz CT molecular complexity index is 873. The summed E-state index contributed by atoms with van der Waals surface area (Å²) in [7, 11) is -3.69. The molecule has 140 valence electrons. The summed E-state index contributed by atoms with van der Waals surface area (Å²) in [6.07, 6.45) is 5.33. The van der Waals surface area contributed by atoms with E-state index in [1.165, 1.54) is 49.8 Å². The molecule has 3 heterocycles. The standard InChI is InChI=1S/C17H21ClN4O2S2/c18-14-10-13(26(23,24)21-17-19-6-9-25-17)3-4-15(14)20-11-12-5-8-22-7-1-2-16(12)22/h3-4,6,9-10,12,16,20H,1-2,5,7-8,11H2,(H,19,21)/t12-,16?/m0/s1. The molecule has 0 radical (unpaired) electrons. The van der Waals surface area contributed by atoms with Gasteiger partial charge in [-0.05, 0) is 56.5 Å². The van der Waals surface area contributed by atoms with E-state index < -0.39 is 10.0 Å². The van der Waals surface area contributed by atoms with Gasteiger partial charge in [0.05, 0.1) is 15.6 Å². The van der Waals surface area contributed by atoms with Crippen LogP contribution in [0.4, 0.5) is 10.8 Å². The molecular formula is C17H21ClN4O2S2. The molecule has 1 unspecified atom stereocenters. The number of nitrogens with zero attached hydrogens (tertiary/aromatic N) is 2. The van der Waals surface area contributed by atoms with E-state index in [9.17, 15) is 8.42 Å². The summed E-state index contributed by atoms with van der Waals surface area (Å²) in [5.41, 5.74) is 0.774. The van der Waals surface area contributed by atoms with Crippen LogP contribution in [0, 0.1) is 5.92 Å². The van der Waals surface area contributed by atoms with Gasteiger partial charge in [0.1, 0.15) is 0 Å². The van der Waals surface area contributed by atoms with Crippen molar-refractivity contribution in [3.8, 4) is 0 Å². The molecule has 9 heteroatoms. The molecule has 0 bridgehead atoms. The molecule has 1 aromatic carbocycles. The largest absolute Gasteiger partial charge is 0.384 e. The van der Waals surface area contributed by atoms with Gasteiger partial charge in [-0.2, -0.15) is 0 Å². The predicted molar refractivity (Wildman–Crippen MR) is 106 cm³/mol. The van der Waals surface area contributed by atoms with Crippen LogP contribution in [0.15, 0.2) is 34.7 Å². The lowest BCUT2D eigenvalue weighted by Gasteiger charge is -2.21. The number of hydrogen-bond donors (Lipinski definition) is 2. The predicted octanol–water partition coefficient (Wildman–Crippen LogP) is 3.49. The van der Waals surface area contributed by atoms with Gasteiger partial charge in [-0.15, -0.1) is 11.3 Å². The molecule has 2 fully saturated rings. The number of anilines is 2. The fraction of sp³-hybridized carbons (Fsp3) is 0.471. The second-order valence-electron chi connectivity index (χ2n) is 6.76. The van der Waals surface area contributed by atoms with Crippen LogP contribution >= 0.6 is 22.9 Å². The first-order valence-corrected chi connectivity index (χ1v) is 11.5. The van der Waals surface area contributed by atoms with E-state index in [-0.39, 0.29) is 4.90 Å². The van der Waals surface area contributed by atoms with Crippen LogP contribution in [-0.4, -0.2) is 44.0 Å². The quantitative estimate of drug-likeness (QED) is 0.759. The van der Waals surface area contributed by atoms with Crippen molar-refractivity contribution in [2.75, 3.05) is 29.7 Å². The summed E-state index contributed by atoms with van der Waals surface area (Å²) < 4.78 is 27.3. The van der Waals surface area contributed by atoms with Crippen molar-refractivity contribution in [1.82, 2.24) is 9.88 Å². The van der Waals surface area contributed by atoms with Gasteiger partial charge in [0.25, 0.3) is 10.0 Å².